The number of rotatable bonds is 4. The van der Waals surface area contributed by atoms with Crippen LogP contribution in [0.2, 0.25) is 0 Å². The second-order valence-corrected chi connectivity index (χ2v) is 7.61. The maximum Gasteiger partial charge on any atom is 0.257 e. The Morgan fingerprint density at radius 2 is 1.84 bits per heavy atom. The van der Waals surface area contributed by atoms with Gasteiger partial charge < -0.3 is 14.4 Å². The molecule has 5 nitrogen and oxygen atoms in total. The number of carbonyl (C=O) groups excluding carboxylic acids is 1. The number of piperazine rings is 1. The zero-order valence-corrected chi connectivity index (χ0v) is 15.2. The molecule has 4 rings (SSSR count). The Kier molecular flexibility index (Phi) is 4.59. The van der Waals surface area contributed by atoms with Crippen LogP contribution in [0, 0.1) is 11.8 Å². The molecule has 1 aromatic rings. The smallest absolute Gasteiger partial charge is 0.257 e. The molecule has 0 aromatic heterocycles. The molecule has 1 aromatic carbocycles. The molecule has 2 bridgehead atoms. The third kappa shape index (κ3) is 2.99. The fourth-order valence-corrected chi connectivity index (χ4v) is 5.14. The lowest BCUT2D eigenvalue weighted by atomic mass is 9.93. The first kappa shape index (κ1) is 16.7. The maximum atomic E-state index is 13.0. The summed E-state index contributed by atoms with van der Waals surface area (Å²) in [7, 11) is 3.18. The highest BCUT2D eigenvalue weighted by molar-refractivity contribution is 5.97. The molecule has 5 heteroatoms. The third-order valence-electron chi connectivity index (χ3n) is 6.40. The predicted molar refractivity (Wildman–Crippen MR) is 96.3 cm³/mol. The van der Waals surface area contributed by atoms with E-state index in [1.54, 1.807) is 14.2 Å². The molecule has 136 valence electrons. The molecule has 3 fully saturated rings. The number of amides is 1. The number of ether oxygens (including phenoxy) is 2. The van der Waals surface area contributed by atoms with Gasteiger partial charge in [0.05, 0.1) is 19.8 Å². The van der Waals surface area contributed by atoms with E-state index in [-0.39, 0.29) is 5.91 Å². The van der Waals surface area contributed by atoms with Crippen LogP contribution in [0.4, 0.5) is 0 Å². The van der Waals surface area contributed by atoms with Gasteiger partial charge in [-0.15, -0.1) is 0 Å². The van der Waals surface area contributed by atoms with Crippen molar-refractivity contribution >= 4 is 5.91 Å². The van der Waals surface area contributed by atoms with E-state index in [4.69, 9.17) is 9.47 Å². The summed E-state index contributed by atoms with van der Waals surface area (Å²) < 4.78 is 10.8. The van der Waals surface area contributed by atoms with Crippen LogP contribution in [0.15, 0.2) is 18.2 Å². The van der Waals surface area contributed by atoms with Gasteiger partial charge in [0.25, 0.3) is 5.91 Å². The van der Waals surface area contributed by atoms with Gasteiger partial charge in [-0.05, 0) is 43.2 Å². The van der Waals surface area contributed by atoms with Gasteiger partial charge in [-0.2, -0.15) is 0 Å². The Labute approximate surface area is 149 Å². The van der Waals surface area contributed by atoms with Gasteiger partial charge in [0, 0.05) is 32.2 Å². The summed E-state index contributed by atoms with van der Waals surface area (Å²) in [5.74, 6) is 3.06. The van der Waals surface area contributed by atoms with Crippen LogP contribution in [0.3, 0.4) is 0 Å². The quantitative estimate of drug-likeness (QED) is 0.842. The molecule has 3 aliphatic rings. The van der Waals surface area contributed by atoms with E-state index in [2.05, 4.69) is 4.90 Å². The second kappa shape index (κ2) is 6.87. The van der Waals surface area contributed by atoms with E-state index in [1.165, 1.54) is 25.7 Å². The molecule has 2 saturated carbocycles. The van der Waals surface area contributed by atoms with Crippen molar-refractivity contribution in [3.63, 3.8) is 0 Å². The van der Waals surface area contributed by atoms with Crippen LogP contribution in [0.25, 0.3) is 0 Å². The topological polar surface area (TPSA) is 42.0 Å². The first-order valence-corrected chi connectivity index (χ1v) is 9.45. The molecule has 1 saturated heterocycles. The standard InChI is InChI=1S/C20H28N2O3/c1-24-18-5-3-4-16(19(18)25-2)20(23)22-10-8-21(9-11-22)17-13-14-6-7-15(17)12-14/h3-5,14-15,17H,6-13H2,1-2H3. The Morgan fingerprint density at radius 1 is 1.04 bits per heavy atom. The summed E-state index contributed by atoms with van der Waals surface area (Å²) in [5, 5.41) is 0. The van der Waals surface area contributed by atoms with Gasteiger partial charge >= 0.3 is 0 Å². The van der Waals surface area contributed by atoms with Crippen molar-refractivity contribution in [2.24, 2.45) is 11.8 Å². The van der Waals surface area contributed by atoms with Crippen molar-refractivity contribution in [3.05, 3.63) is 23.8 Å². The van der Waals surface area contributed by atoms with E-state index in [9.17, 15) is 4.79 Å². The number of para-hydroxylation sites is 1. The van der Waals surface area contributed by atoms with Crippen molar-refractivity contribution in [1.82, 2.24) is 9.80 Å². The van der Waals surface area contributed by atoms with Crippen LogP contribution in [-0.4, -0.2) is 62.1 Å². The fraction of sp³-hybridized carbons (Fsp3) is 0.650. The summed E-state index contributed by atoms with van der Waals surface area (Å²) in [6.07, 6.45) is 5.66. The molecular formula is C20H28N2O3. The van der Waals surface area contributed by atoms with Gasteiger partial charge in [0.1, 0.15) is 0 Å². The summed E-state index contributed by atoms with van der Waals surface area (Å²) in [5.41, 5.74) is 0.593. The number of hydrogen-bond acceptors (Lipinski definition) is 4. The van der Waals surface area contributed by atoms with Crippen molar-refractivity contribution in [2.75, 3.05) is 40.4 Å². The van der Waals surface area contributed by atoms with Crippen LogP contribution < -0.4 is 9.47 Å². The highest BCUT2D eigenvalue weighted by atomic mass is 16.5. The zero-order valence-electron chi connectivity index (χ0n) is 15.2. The van der Waals surface area contributed by atoms with Crippen LogP contribution in [0.5, 0.6) is 11.5 Å². The molecule has 1 heterocycles. The minimum atomic E-state index is 0.0448. The van der Waals surface area contributed by atoms with Crippen LogP contribution in [0.1, 0.15) is 36.0 Å². The minimum Gasteiger partial charge on any atom is -0.493 e. The highest BCUT2D eigenvalue weighted by Gasteiger charge is 2.43. The monoisotopic (exact) mass is 344 g/mol. The van der Waals surface area contributed by atoms with Crippen molar-refractivity contribution in [1.29, 1.82) is 0 Å². The van der Waals surface area contributed by atoms with Crippen molar-refractivity contribution in [2.45, 2.75) is 31.7 Å². The summed E-state index contributed by atoms with van der Waals surface area (Å²) in [6, 6.07) is 6.26. The average molecular weight is 344 g/mol. The van der Waals surface area contributed by atoms with Crippen LogP contribution >= 0.6 is 0 Å². The van der Waals surface area contributed by atoms with Crippen molar-refractivity contribution in [3.8, 4) is 11.5 Å². The SMILES string of the molecule is COc1cccc(C(=O)N2CCN(C3CC4CCC3C4)CC2)c1OC. The average Bonchev–Trinajstić information content (AvgIpc) is 3.30. The number of hydrogen-bond donors (Lipinski definition) is 0. The fourth-order valence-electron chi connectivity index (χ4n) is 5.14. The van der Waals surface area contributed by atoms with E-state index >= 15 is 0 Å². The van der Waals surface area contributed by atoms with Crippen LogP contribution in [-0.2, 0) is 0 Å². The number of methoxy groups -OCH3 is 2. The van der Waals surface area contributed by atoms with E-state index in [0.717, 1.165) is 44.1 Å². The Hall–Kier alpha value is -1.75. The summed E-state index contributed by atoms with van der Waals surface area (Å²) >= 11 is 0. The van der Waals surface area contributed by atoms with Gasteiger partial charge in [-0.25, -0.2) is 0 Å². The lowest BCUT2D eigenvalue weighted by Gasteiger charge is -2.41. The molecule has 0 N–H and O–H groups in total. The Bertz CT molecular complexity index is 640. The zero-order chi connectivity index (χ0) is 17.4. The lowest BCUT2D eigenvalue weighted by Crippen LogP contribution is -2.53. The van der Waals surface area contributed by atoms with Gasteiger partial charge in [-0.1, -0.05) is 12.5 Å². The van der Waals surface area contributed by atoms with Gasteiger partial charge in [0.2, 0.25) is 0 Å². The normalized spacial score (nSPS) is 29.0. The molecule has 3 unspecified atom stereocenters. The maximum absolute atomic E-state index is 13.0. The molecule has 1 amide bonds. The number of fused-ring (bicyclic) bond motifs is 2. The van der Waals surface area contributed by atoms with Gasteiger partial charge in [-0.3, -0.25) is 9.69 Å². The largest absolute Gasteiger partial charge is 0.493 e. The predicted octanol–water partition coefficient (Wildman–Crippen LogP) is 2.65. The first-order chi connectivity index (χ1) is 12.2. The van der Waals surface area contributed by atoms with E-state index < -0.39 is 0 Å². The molecule has 2 aliphatic carbocycles. The molecular weight excluding hydrogens is 316 g/mol. The third-order valence-corrected chi connectivity index (χ3v) is 6.40. The molecule has 0 spiro atoms. The molecule has 25 heavy (non-hydrogen) atoms. The number of benzene rings is 1. The first-order valence-electron chi connectivity index (χ1n) is 9.45. The second-order valence-electron chi connectivity index (χ2n) is 7.61. The molecule has 3 atom stereocenters. The van der Waals surface area contributed by atoms with E-state index in [1.807, 2.05) is 23.1 Å². The number of nitrogens with zero attached hydrogens (tertiary/aromatic N) is 2. The van der Waals surface area contributed by atoms with Crippen molar-refractivity contribution < 1.29 is 14.3 Å². The van der Waals surface area contributed by atoms with E-state index in [0.29, 0.717) is 17.1 Å². The van der Waals surface area contributed by atoms with Gasteiger partial charge in [0.15, 0.2) is 11.5 Å². The minimum absolute atomic E-state index is 0.0448. The summed E-state index contributed by atoms with van der Waals surface area (Å²) in [6.45, 7) is 3.58. The number of carbonyl (C=O) groups is 1. The Morgan fingerprint density at radius 3 is 2.44 bits per heavy atom. The summed E-state index contributed by atoms with van der Waals surface area (Å²) in [4.78, 5) is 17.6. The highest BCUT2D eigenvalue weighted by Crippen LogP contribution is 2.46. The molecule has 0 radical (unpaired) electrons. The lowest BCUT2D eigenvalue weighted by molar-refractivity contribution is 0.0493. The molecule has 1 aliphatic heterocycles. The Balaban J connectivity index is 1.42.